The van der Waals surface area contributed by atoms with E-state index in [0.29, 0.717) is 5.02 Å². The van der Waals surface area contributed by atoms with E-state index in [1.807, 2.05) is 63.2 Å². The number of hydrogen-bond donors (Lipinski definition) is 0. The van der Waals surface area contributed by atoms with Gasteiger partial charge in [-0.3, -0.25) is 4.79 Å². The predicted molar refractivity (Wildman–Crippen MR) is 80.8 cm³/mol. The van der Waals surface area contributed by atoms with Crippen molar-refractivity contribution in [2.75, 3.05) is 0 Å². The van der Waals surface area contributed by atoms with Crippen LogP contribution in [0.4, 0.5) is 0 Å². The summed E-state index contributed by atoms with van der Waals surface area (Å²) in [4.78, 5) is 12.1. The number of hydrogen-bond acceptors (Lipinski definition) is 1. The lowest BCUT2D eigenvalue weighted by Gasteiger charge is -2.11. The second-order valence-electron chi connectivity index (χ2n) is 5.03. The lowest BCUT2D eigenvalue weighted by Crippen LogP contribution is -2.07. The molecule has 2 aromatic carbocycles. The molecule has 2 aromatic rings. The third-order valence-electron chi connectivity index (χ3n) is 3.21. The summed E-state index contributed by atoms with van der Waals surface area (Å²) in [6.45, 7) is 5.86. The van der Waals surface area contributed by atoms with Crippen molar-refractivity contribution in [2.24, 2.45) is 5.92 Å². The highest BCUT2D eigenvalue weighted by atomic mass is 35.5. The van der Waals surface area contributed by atoms with Crippen molar-refractivity contribution in [1.82, 2.24) is 0 Å². The van der Waals surface area contributed by atoms with Gasteiger partial charge in [0, 0.05) is 22.1 Å². The smallest absolute Gasteiger partial charge is 0.165 e. The monoisotopic (exact) mass is 272 g/mol. The highest BCUT2D eigenvalue weighted by molar-refractivity contribution is 6.33. The van der Waals surface area contributed by atoms with Crippen LogP contribution in [0.2, 0.25) is 5.02 Å². The molecule has 0 aliphatic heterocycles. The number of Topliss-reactive ketones (excluding diaryl/α,β-unsaturated/α-hetero) is 1. The van der Waals surface area contributed by atoms with Crippen LogP contribution in [0.1, 0.15) is 29.8 Å². The van der Waals surface area contributed by atoms with Crippen LogP contribution in [-0.2, 0) is 0 Å². The van der Waals surface area contributed by atoms with Crippen LogP contribution in [0, 0.1) is 12.8 Å². The number of aryl methyl sites for hydroxylation is 1. The molecule has 2 rings (SSSR count). The third kappa shape index (κ3) is 2.87. The average Bonchev–Trinajstić information content (AvgIpc) is 2.39. The molecule has 98 valence electrons. The largest absolute Gasteiger partial charge is 0.294 e. The Bertz CT molecular complexity index is 614. The maximum absolute atomic E-state index is 12.1. The first-order valence-corrected chi connectivity index (χ1v) is 6.78. The molecule has 1 nitrogen and oxygen atoms in total. The number of carbonyl (C=O) groups excluding carboxylic acids is 1. The highest BCUT2D eigenvalue weighted by Gasteiger charge is 2.13. The van der Waals surface area contributed by atoms with Crippen molar-refractivity contribution < 1.29 is 4.79 Å². The first-order chi connectivity index (χ1) is 9.00. The molecule has 0 radical (unpaired) electrons. The Morgan fingerprint density at radius 2 is 1.74 bits per heavy atom. The Hall–Kier alpha value is -1.60. The zero-order valence-electron chi connectivity index (χ0n) is 11.4. The second-order valence-corrected chi connectivity index (χ2v) is 5.44. The summed E-state index contributed by atoms with van der Waals surface area (Å²) in [5, 5.41) is 0.708. The van der Waals surface area contributed by atoms with Gasteiger partial charge in [-0.25, -0.2) is 0 Å². The molecule has 0 atom stereocenters. The molecule has 0 aromatic heterocycles. The minimum atomic E-state index is 0.00167. The van der Waals surface area contributed by atoms with E-state index in [-0.39, 0.29) is 11.7 Å². The lowest BCUT2D eigenvalue weighted by molar-refractivity contribution is 0.0939. The van der Waals surface area contributed by atoms with Gasteiger partial charge < -0.3 is 0 Å². The molecule has 19 heavy (non-hydrogen) atoms. The molecular weight excluding hydrogens is 256 g/mol. The molecule has 0 bridgehead atoms. The van der Waals surface area contributed by atoms with E-state index in [1.54, 1.807) is 0 Å². The quantitative estimate of drug-likeness (QED) is 0.706. The summed E-state index contributed by atoms with van der Waals surface area (Å²) in [7, 11) is 0. The van der Waals surface area contributed by atoms with Crippen molar-refractivity contribution in [3.8, 4) is 11.1 Å². The Balaban J connectivity index is 2.55. The SMILES string of the molecule is Cc1ccc(C(=O)C(C)C)cc1-c1ccccc1Cl. The lowest BCUT2D eigenvalue weighted by atomic mass is 9.94. The minimum absolute atomic E-state index is 0.00167. The number of halogens is 1. The van der Waals surface area contributed by atoms with Crippen LogP contribution in [0.5, 0.6) is 0 Å². The van der Waals surface area contributed by atoms with Crippen LogP contribution < -0.4 is 0 Å². The van der Waals surface area contributed by atoms with Gasteiger partial charge >= 0.3 is 0 Å². The predicted octanol–water partition coefficient (Wildman–Crippen LogP) is 5.15. The molecule has 0 saturated carbocycles. The van der Waals surface area contributed by atoms with Crippen LogP contribution in [-0.4, -0.2) is 5.78 Å². The first-order valence-electron chi connectivity index (χ1n) is 6.40. The van der Waals surface area contributed by atoms with Crippen molar-refractivity contribution in [2.45, 2.75) is 20.8 Å². The molecule has 0 fully saturated rings. The van der Waals surface area contributed by atoms with Crippen LogP contribution in [0.25, 0.3) is 11.1 Å². The van der Waals surface area contributed by atoms with E-state index in [4.69, 9.17) is 11.6 Å². The van der Waals surface area contributed by atoms with Gasteiger partial charge in [-0.2, -0.15) is 0 Å². The number of carbonyl (C=O) groups is 1. The van der Waals surface area contributed by atoms with Gasteiger partial charge in [0.1, 0.15) is 0 Å². The fourth-order valence-electron chi connectivity index (χ4n) is 2.08. The van der Waals surface area contributed by atoms with Gasteiger partial charge in [0.25, 0.3) is 0 Å². The van der Waals surface area contributed by atoms with E-state index in [9.17, 15) is 4.79 Å². The first kappa shape index (κ1) is 13.8. The summed E-state index contributed by atoms with van der Waals surface area (Å²) in [5.41, 5.74) is 3.86. The second kappa shape index (κ2) is 5.58. The molecule has 0 unspecified atom stereocenters. The van der Waals surface area contributed by atoms with E-state index in [0.717, 1.165) is 22.3 Å². The average molecular weight is 273 g/mol. The maximum Gasteiger partial charge on any atom is 0.165 e. The summed E-state index contributed by atoms with van der Waals surface area (Å²) in [6.07, 6.45) is 0. The Morgan fingerprint density at radius 1 is 1.05 bits per heavy atom. The van der Waals surface area contributed by atoms with Crippen molar-refractivity contribution in [1.29, 1.82) is 0 Å². The number of ketones is 1. The number of benzene rings is 2. The standard InChI is InChI=1S/C17H17ClO/c1-11(2)17(19)13-9-8-12(3)15(10-13)14-6-4-5-7-16(14)18/h4-11H,1-3H3. The molecule has 0 spiro atoms. The Morgan fingerprint density at radius 3 is 2.37 bits per heavy atom. The van der Waals surface area contributed by atoms with Crippen LogP contribution in [0.3, 0.4) is 0 Å². The topological polar surface area (TPSA) is 17.1 Å². The van der Waals surface area contributed by atoms with Gasteiger partial charge in [-0.05, 0) is 30.2 Å². The van der Waals surface area contributed by atoms with Crippen molar-refractivity contribution in [3.05, 3.63) is 58.6 Å². The van der Waals surface area contributed by atoms with Gasteiger partial charge in [-0.15, -0.1) is 0 Å². The minimum Gasteiger partial charge on any atom is -0.294 e. The summed E-state index contributed by atoms with van der Waals surface area (Å²) in [5.74, 6) is 0.162. The van der Waals surface area contributed by atoms with Gasteiger partial charge in [0.15, 0.2) is 5.78 Å². The van der Waals surface area contributed by atoms with Crippen molar-refractivity contribution >= 4 is 17.4 Å². The van der Waals surface area contributed by atoms with E-state index >= 15 is 0 Å². The highest BCUT2D eigenvalue weighted by Crippen LogP contribution is 2.31. The normalized spacial score (nSPS) is 10.8. The van der Waals surface area contributed by atoms with E-state index < -0.39 is 0 Å². The molecule has 0 saturated heterocycles. The Labute approximate surface area is 119 Å². The van der Waals surface area contributed by atoms with Crippen molar-refractivity contribution in [3.63, 3.8) is 0 Å². The zero-order chi connectivity index (χ0) is 14.0. The fourth-order valence-corrected chi connectivity index (χ4v) is 2.32. The fraction of sp³-hybridized carbons (Fsp3) is 0.235. The molecule has 0 aliphatic rings. The van der Waals surface area contributed by atoms with Gasteiger partial charge in [-0.1, -0.05) is 55.8 Å². The summed E-state index contributed by atoms with van der Waals surface area (Å²) >= 11 is 6.24. The molecule has 0 aliphatic carbocycles. The van der Waals surface area contributed by atoms with Crippen LogP contribution in [0.15, 0.2) is 42.5 Å². The van der Waals surface area contributed by atoms with Gasteiger partial charge in [0.05, 0.1) is 0 Å². The van der Waals surface area contributed by atoms with E-state index in [2.05, 4.69) is 0 Å². The summed E-state index contributed by atoms with van der Waals surface area (Å²) < 4.78 is 0. The summed E-state index contributed by atoms with van der Waals surface area (Å²) in [6, 6.07) is 13.5. The molecule has 0 N–H and O–H groups in total. The molecule has 0 heterocycles. The number of rotatable bonds is 3. The third-order valence-corrected chi connectivity index (χ3v) is 3.54. The molecular formula is C17H17ClO. The Kier molecular flexibility index (Phi) is 4.06. The molecule has 2 heteroatoms. The van der Waals surface area contributed by atoms with Gasteiger partial charge in [0.2, 0.25) is 0 Å². The van der Waals surface area contributed by atoms with E-state index in [1.165, 1.54) is 0 Å². The zero-order valence-corrected chi connectivity index (χ0v) is 12.2. The maximum atomic E-state index is 12.1. The van der Waals surface area contributed by atoms with Crippen LogP contribution >= 0.6 is 11.6 Å². The molecule has 0 amide bonds.